The first-order valence-corrected chi connectivity index (χ1v) is 15.6. The van der Waals surface area contributed by atoms with Crippen molar-refractivity contribution < 1.29 is 31.2 Å². The van der Waals surface area contributed by atoms with E-state index in [1.165, 1.54) is 24.3 Å². The summed E-state index contributed by atoms with van der Waals surface area (Å²) in [5.41, 5.74) is -1.43. The van der Waals surface area contributed by atoms with Crippen molar-refractivity contribution >= 4 is 62.3 Å². The summed E-state index contributed by atoms with van der Waals surface area (Å²) < 4.78 is 69.5. The molecule has 1 N–H and O–H groups in total. The Balaban J connectivity index is 2.18. The van der Waals surface area contributed by atoms with Crippen molar-refractivity contribution in [1.29, 1.82) is 0 Å². The molecule has 3 aromatic rings. The lowest BCUT2D eigenvalue weighted by Gasteiger charge is -2.34. The minimum atomic E-state index is -4.91. The van der Waals surface area contributed by atoms with Crippen molar-refractivity contribution in [2.24, 2.45) is 0 Å². The largest absolute Gasteiger partial charge is 0.417 e. The van der Waals surface area contributed by atoms with E-state index in [2.05, 4.69) is 5.32 Å². The van der Waals surface area contributed by atoms with E-state index in [0.29, 0.717) is 15.9 Å². The third-order valence-corrected chi connectivity index (χ3v) is 9.19. The molecule has 0 saturated heterocycles. The van der Waals surface area contributed by atoms with Gasteiger partial charge in [0, 0.05) is 28.2 Å². The molecular weight excluding hydrogens is 650 g/mol. The van der Waals surface area contributed by atoms with E-state index < -0.39 is 56.9 Å². The molecule has 2 amide bonds. The standard InChI is InChI=1S/C29H29Cl3F3N3O4S/c1-4-26(28(40)36-18(2)3)37(16-21-23(30)11-8-12-24(21)31)27(39)17-38(43(41,42)20-9-6-5-7-10-20)19-13-14-25(32)22(15-19)29(33,34)35/h5-15,18,26H,4,16-17H2,1-3H3,(H,36,40)/t26-/m0/s1. The van der Waals surface area contributed by atoms with Gasteiger partial charge in [0.15, 0.2) is 0 Å². The van der Waals surface area contributed by atoms with E-state index in [-0.39, 0.29) is 33.9 Å². The number of hydrogen-bond acceptors (Lipinski definition) is 4. The normalized spacial score (nSPS) is 12.6. The van der Waals surface area contributed by atoms with Crippen LogP contribution in [0.25, 0.3) is 0 Å². The molecule has 14 heteroatoms. The number of alkyl halides is 3. The molecule has 0 bridgehead atoms. The van der Waals surface area contributed by atoms with Crippen molar-refractivity contribution in [2.45, 2.75) is 56.9 Å². The molecule has 0 heterocycles. The van der Waals surface area contributed by atoms with Crippen LogP contribution in [0.5, 0.6) is 0 Å². The Morgan fingerprint density at radius 3 is 2.05 bits per heavy atom. The fraction of sp³-hybridized carbons (Fsp3) is 0.310. The monoisotopic (exact) mass is 677 g/mol. The molecular formula is C29H29Cl3F3N3O4S. The second-order valence-electron chi connectivity index (χ2n) is 9.80. The molecule has 0 aliphatic heterocycles. The smallest absolute Gasteiger partial charge is 0.352 e. The number of anilines is 1. The highest BCUT2D eigenvalue weighted by atomic mass is 35.5. The molecule has 3 rings (SSSR count). The summed E-state index contributed by atoms with van der Waals surface area (Å²) >= 11 is 18.5. The third kappa shape index (κ3) is 8.35. The summed E-state index contributed by atoms with van der Waals surface area (Å²) in [6.45, 7) is 3.88. The summed E-state index contributed by atoms with van der Waals surface area (Å²) in [4.78, 5) is 28.1. The number of carbonyl (C=O) groups is 2. The second-order valence-corrected chi connectivity index (χ2v) is 12.9. The summed E-state index contributed by atoms with van der Waals surface area (Å²) in [6, 6.07) is 12.8. The van der Waals surface area contributed by atoms with Gasteiger partial charge in [-0.15, -0.1) is 0 Å². The predicted octanol–water partition coefficient (Wildman–Crippen LogP) is 7.19. The third-order valence-electron chi connectivity index (χ3n) is 6.36. The molecule has 232 valence electrons. The number of amides is 2. The molecule has 0 aliphatic carbocycles. The zero-order valence-electron chi connectivity index (χ0n) is 23.3. The molecule has 0 fully saturated rings. The molecule has 7 nitrogen and oxygen atoms in total. The molecule has 0 radical (unpaired) electrons. The maximum Gasteiger partial charge on any atom is 0.417 e. The molecule has 0 spiro atoms. The van der Waals surface area contributed by atoms with Gasteiger partial charge < -0.3 is 10.2 Å². The van der Waals surface area contributed by atoms with Crippen LogP contribution in [0.15, 0.2) is 71.6 Å². The highest BCUT2D eigenvalue weighted by Crippen LogP contribution is 2.38. The number of benzene rings is 3. The topological polar surface area (TPSA) is 86.8 Å². The van der Waals surface area contributed by atoms with Gasteiger partial charge in [-0.1, -0.05) is 66.0 Å². The number of rotatable bonds is 11. The maximum absolute atomic E-state index is 14.1. The molecule has 0 aromatic heterocycles. The average Bonchev–Trinajstić information content (AvgIpc) is 2.92. The van der Waals surface area contributed by atoms with Crippen LogP contribution in [0.1, 0.15) is 38.3 Å². The summed E-state index contributed by atoms with van der Waals surface area (Å²) in [5.74, 6) is -1.40. The lowest BCUT2D eigenvalue weighted by molar-refractivity contribution is -0.140. The van der Waals surface area contributed by atoms with Crippen molar-refractivity contribution in [3.63, 3.8) is 0 Å². The maximum atomic E-state index is 14.1. The van der Waals surface area contributed by atoms with Gasteiger partial charge in [0.25, 0.3) is 10.0 Å². The minimum absolute atomic E-state index is 0.122. The number of sulfonamides is 1. The van der Waals surface area contributed by atoms with Crippen LogP contribution in [-0.4, -0.2) is 43.8 Å². The zero-order chi connectivity index (χ0) is 32.1. The fourth-order valence-corrected chi connectivity index (χ4v) is 6.46. The summed E-state index contributed by atoms with van der Waals surface area (Å²) in [5, 5.41) is 2.50. The zero-order valence-corrected chi connectivity index (χ0v) is 26.4. The molecule has 0 saturated carbocycles. The molecule has 43 heavy (non-hydrogen) atoms. The van der Waals surface area contributed by atoms with Crippen LogP contribution in [0.4, 0.5) is 18.9 Å². The first-order valence-electron chi connectivity index (χ1n) is 13.0. The van der Waals surface area contributed by atoms with Crippen LogP contribution >= 0.6 is 34.8 Å². The Morgan fingerprint density at radius 2 is 1.51 bits per heavy atom. The number of halogens is 6. The molecule has 3 aromatic carbocycles. The van der Waals surface area contributed by atoms with Gasteiger partial charge >= 0.3 is 6.18 Å². The Kier molecular flexibility index (Phi) is 11.4. The van der Waals surface area contributed by atoms with Crippen molar-refractivity contribution in [3.8, 4) is 0 Å². The number of hydrogen-bond donors (Lipinski definition) is 1. The predicted molar refractivity (Wildman–Crippen MR) is 162 cm³/mol. The van der Waals surface area contributed by atoms with Crippen molar-refractivity contribution in [2.75, 3.05) is 10.8 Å². The van der Waals surface area contributed by atoms with Gasteiger partial charge in [0.2, 0.25) is 11.8 Å². The van der Waals surface area contributed by atoms with Crippen LogP contribution in [0.3, 0.4) is 0 Å². The molecule has 1 atom stereocenters. The van der Waals surface area contributed by atoms with E-state index in [1.54, 1.807) is 45.0 Å². The van der Waals surface area contributed by atoms with Crippen molar-refractivity contribution in [3.05, 3.63) is 92.9 Å². The minimum Gasteiger partial charge on any atom is -0.352 e. The van der Waals surface area contributed by atoms with Crippen LogP contribution in [-0.2, 0) is 32.3 Å². The van der Waals surface area contributed by atoms with E-state index in [0.717, 1.165) is 17.0 Å². The van der Waals surface area contributed by atoms with Crippen molar-refractivity contribution in [1.82, 2.24) is 10.2 Å². The van der Waals surface area contributed by atoms with Crippen LogP contribution in [0, 0.1) is 0 Å². The summed E-state index contributed by atoms with van der Waals surface area (Å²) in [7, 11) is -4.60. The highest BCUT2D eigenvalue weighted by Gasteiger charge is 2.37. The Labute approximate surface area is 263 Å². The van der Waals surface area contributed by atoms with Gasteiger partial charge in [-0.3, -0.25) is 13.9 Å². The van der Waals surface area contributed by atoms with Gasteiger partial charge in [-0.2, -0.15) is 13.2 Å². The average molecular weight is 679 g/mol. The van der Waals surface area contributed by atoms with Crippen LogP contribution in [0.2, 0.25) is 15.1 Å². The van der Waals surface area contributed by atoms with Gasteiger partial charge in [0.05, 0.1) is 21.2 Å². The Bertz CT molecular complexity index is 1550. The number of carbonyl (C=O) groups excluding carboxylic acids is 2. The van der Waals surface area contributed by atoms with E-state index in [9.17, 15) is 31.2 Å². The summed E-state index contributed by atoms with van der Waals surface area (Å²) in [6.07, 6.45) is -4.79. The quantitative estimate of drug-likeness (QED) is 0.233. The fourth-order valence-electron chi connectivity index (χ4n) is 4.29. The molecule has 0 unspecified atom stereocenters. The Morgan fingerprint density at radius 1 is 0.907 bits per heavy atom. The first-order chi connectivity index (χ1) is 20.1. The molecule has 0 aliphatic rings. The lowest BCUT2D eigenvalue weighted by Crippen LogP contribution is -2.53. The van der Waals surface area contributed by atoms with Crippen LogP contribution < -0.4 is 9.62 Å². The van der Waals surface area contributed by atoms with E-state index >= 15 is 0 Å². The lowest BCUT2D eigenvalue weighted by atomic mass is 10.1. The number of nitrogens with zero attached hydrogens (tertiary/aromatic N) is 2. The van der Waals surface area contributed by atoms with Gasteiger partial charge in [-0.05, 0) is 62.7 Å². The number of nitrogens with one attached hydrogen (secondary N) is 1. The SMILES string of the molecule is CC[C@@H](C(=O)NC(C)C)N(Cc1c(Cl)cccc1Cl)C(=O)CN(c1ccc(Cl)c(C(F)(F)F)c1)S(=O)(=O)c1ccccc1. The van der Waals surface area contributed by atoms with Gasteiger partial charge in [0.1, 0.15) is 12.6 Å². The van der Waals surface area contributed by atoms with Gasteiger partial charge in [-0.25, -0.2) is 8.42 Å². The van der Waals surface area contributed by atoms with E-state index in [1.807, 2.05) is 0 Å². The highest BCUT2D eigenvalue weighted by molar-refractivity contribution is 7.92. The second kappa shape index (κ2) is 14.2. The first kappa shape index (κ1) is 34.5. The Hall–Kier alpha value is -2.99. The van der Waals surface area contributed by atoms with E-state index in [4.69, 9.17) is 34.8 Å².